The molecule has 0 rings (SSSR count). The van der Waals surface area contributed by atoms with Crippen LogP contribution in [0.1, 0.15) is 86.0 Å². The first-order valence-electron chi connectivity index (χ1n) is 7.92. The van der Waals surface area contributed by atoms with Crippen LogP contribution in [0.2, 0.25) is 0 Å². The van der Waals surface area contributed by atoms with Crippen molar-refractivity contribution in [2.75, 3.05) is 5.75 Å². The van der Waals surface area contributed by atoms with Crippen LogP contribution in [0.3, 0.4) is 0 Å². The number of hydrogen-bond donors (Lipinski definition) is 0. The van der Waals surface area contributed by atoms with Crippen LogP contribution < -0.4 is 0 Å². The fourth-order valence-corrected chi connectivity index (χ4v) is 3.76. The Morgan fingerprint density at radius 3 is 2.11 bits per heavy atom. The van der Waals surface area contributed by atoms with E-state index in [1.54, 1.807) is 0 Å². The fraction of sp³-hybridized carbons (Fsp3) is 0.938. The minimum atomic E-state index is 0.413. The van der Waals surface area contributed by atoms with Crippen LogP contribution in [0.4, 0.5) is 0 Å². The average molecular weight is 307 g/mol. The summed E-state index contributed by atoms with van der Waals surface area (Å²) < 4.78 is 0. The van der Waals surface area contributed by atoms with E-state index in [0.717, 1.165) is 18.1 Å². The second-order valence-electron chi connectivity index (χ2n) is 4.87. The molecule has 0 radical (unpaired) electrons. The molecule has 0 aliphatic heterocycles. The van der Waals surface area contributed by atoms with Gasteiger partial charge in [0.1, 0.15) is 5.78 Å². The molecule has 0 aromatic carbocycles. The number of carbonyl (C=O) groups excluding carboxylic acids is 1. The van der Waals surface area contributed by atoms with Gasteiger partial charge in [-0.15, -0.1) is 0 Å². The van der Waals surface area contributed by atoms with Crippen LogP contribution in [-0.4, -0.2) is 16.8 Å². The van der Waals surface area contributed by atoms with E-state index in [4.69, 9.17) is 0 Å². The van der Waals surface area contributed by atoms with E-state index in [9.17, 15) is 4.79 Å². The molecule has 0 spiro atoms. The Labute approximate surface area is 129 Å². The molecule has 1 nitrogen and oxygen atoms in total. The van der Waals surface area contributed by atoms with E-state index in [0.29, 0.717) is 12.2 Å². The average Bonchev–Trinajstić information content (AvgIpc) is 2.43. The summed E-state index contributed by atoms with van der Waals surface area (Å²) in [7, 11) is 3.98. The zero-order valence-corrected chi connectivity index (χ0v) is 15.3. The van der Waals surface area contributed by atoms with Crippen LogP contribution in [0.5, 0.6) is 0 Å². The summed E-state index contributed by atoms with van der Waals surface area (Å²) >= 11 is 0. The molecule has 0 N–H and O–H groups in total. The Hall–Kier alpha value is 0.370. The van der Waals surface area contributed by atoms with Crippen molar-refractivity contribution in [3.8, 4) is 0 Å². The molecule has 0 aliphatic carbocycles. The van der Waals surface area contributed by atoms with E-state index >= 15 is 0 Å². The topological polar surface area (TPSA) is 17.1 Å². The Kier molecular flexibility index (Phi) is 20.9. The quantitative estimate of drug-likeness (QED) is 0.320. The number of rotatable bonds is 11. The van der Waals surface area contributed by atoms with E-state index < -0.39 is 0 Å². The Balaban J connectivity index is 0. The Bertz CT molecular complexity index is 182. The third-order valence-electron chi connectivity index (χ3n) is 2.73. The third kappa shape index (κ3) is 20.8. The summed E-state index contributed by atoms with van der Waals surface area (Å²) in [6.07, 6.45) is 8.92. The number of hydrogen-bond acceptors (Lipinski definition) is 3. The highest BCUT2D eigenvalue weighted by molar-refractivity contribution is 8.76. The molecule has 0 heterocycles. The summed E-state index contributed by atoms with van der Waals surface area (Å²) in [5, 5.41) is 0.735. The molecule has 0 saturated heterocycles. The lowest BCUT2D eigenvalue weighted by molar-refractivity contribution is -0.118. The van der Waals surface area contributed by atoms with Gasteiger partial charge in [-0.05, 0) is 19.3 Å². The molecular weight excluding hydrogens is 272 g/mol. The monoisotopic (exact) mass is 306 g/mol. The molecule has 19 heavy (non-hydrogen) atoms. The summed E-state index contributed by atoms with van der Waals surface area (Å²) in [4.78, 5) is 11.1. The van der Waals surface area contributed by atoms with E-state index in [2.05, 4.69) is 27.7 Å². The van der Waals surface area contributed by atoms with Crippen LogP contribution in [0.25, 0.3) is 0 Å². The normalized spacial score (nSPS) is 11.6. The molecule has 1 atom stereocenters. The summed E-state index contributed by atoms with van der Waals surface area (Å²) in [6, 6.07) is 0. The fourth-order valence-electron chi connectivity index (χ4n) is 1.23. The second kappa shape index (κ2) is 18.4. The highest BCUT2D eigenvalue weighted by Gasteiger charge is 2.03. The van der Waals surface area contributed by atoms with Gasteiger partial charge in [-0.25, -0.2) is 0 Å². The largest absolute Gasteiger partial charge is 0.300 e. The molecule has 0 aromatic heterocycles. The van der Waals surface area contributed by atoms with Crippen LogP contribution in [0, 0.1) is 0 Å². The molecular formula is C16H34OS2. The van der Waals surface area contributed by atoms with Crippen LogP contribution in [0.15, 0.2) is 0 Å². The van der Waals surface area contributed by atoms with Crippen molar-refractivity contribution < 1.29 is 4.79 Å². The van der Waals surface area contributed by atoms with Crippen molar-refractivity contribution >= 4 is 27.4 Å². The van der Waals surface area contributed by atoms with Gasteiger partial charge >= 0.3 is 0 Å². The standard InChI is InChI=1S/C12H24OS2.C4H10/c1-4-10-14-15-11(3)8-6-7-9-12(13)5-2;1-3-4-2/h11H,4-10H2,1-3H3;3-4H2,1-2H3. The molecule has 1 unspecified atom stereocenters. The summed E-state index contributed by atoms with van der Waals surface area (Å²) in [5.74, 6) is 1.67. The molecule has 0 aromatic rings. The molecule has 0 fully saturated rings. The van der Waals surface area contributed by atoms with E-state index in [1.165, 1.54) is 37.9 Å². The van der Waals surface area contributed by atoms with E-state index in [1.807, 2.05) is 28.5 Å². The molecule has 0 saturated carbocycles. The number of ketones is 1. The SMILES string of the molecule is CCCC.CCCSSC(C)CCCCC(=O)CC. The van der Waals surface area contributed by atoms with Gasteiger partial charge in [0, 0.05) is 23.8 Å². The summed E-state index contributed by atoms with van der Waals surface area (Å²) in [5.41, 5.74) is 0. The first-order chi connectivity index (χ1) is 9.12. The molecule has 0 amide bonds. The molecule has 0 aliphatic rings. The maximum Gasteiger partial charge on any atom is 0.132 e. The van der Waals surface area contributed by atoms with Gasteiger partial charge in [0.2, 0.25) is 0 Å². The Morgan fingerprint density at radius 1 is 1.00 bits per heavy atom. The van der Waals surface area contributed by atoms with Crippen LogP contribution >= 0.6 is 21.6 Å². The lowest BCUT2D eigenvalue weighted by atomic mass is 10.1. The van der Waals surface area contributed by atoms with Gasteiger partial charge in [0.25, 0.3) is 0 Å². The highest BCUT2D eigenvalue weighted by Crippen LogP contribution is 2.29. The smallest absolute Gasteiger partial charge is 0.132 e. The van der Waals surface area contributed by atoms with Gasteiger partial charge < -0.3 is 0 Å². The first kappa shape index (κ1) is 21.7. The zero-order chi connectivity index (χ0) is 14.9. The van der Waals surface area contributed by atoms with Gasteiger partial charge in [-0.3, -0.25) is 4.79 Å². The zero-order valence-electron chi connectivity index (χ0n) is 13.7. The minimum absolute atomic E-state index is 0.413. The number of Topliss-reactive ketones (excluding diaryl/α,β-unsaturated/α-hetero) is 1. The predicted octanol–water partition coefficient (Wildman–Crippen LogP) is 6.51. The van der Waals surface area contributed by atoms with Gasteiger partial charge in [-0.1, -0.05) is 75.5 Å². The number of unbranched alkanes of at least 4 members (excludes halogenated alkanes) is 2. The van der Waals surface area contributed by atoms with Crippen molar-refractivity contribution in [2.24, 2.45) is 0 Å². The maximum atomic E-state index is 11.1. The van der Waals surface area contributed by atoms with Crippen molar-refractivity contribution in [1.82, 2.24) is 0 Å². The van der Waals surface area contributed by atoms with Crippen molar-refractivity contribution in [3.05, 3.63) is 0 Å². The summed E-state index contributed by atoms with van der Waals surface area (Å²) in [6.45, 7) is 10.8. The van der Waals surface area contributed by atoms with E-state index in [-0.39, 0.29) is 0 Å². The van der Waals surface area contributed by atoms with Crippen molar-refractivity contribution in [1.29, 1.82) is 0 Å². The maximum absolute atomic E-state index is 11.1. The Morgan fingerprint density at radius 2 is 1.63 bits per heavy atom. The lowest BCUT2D eigenvalue weighted by Gasteiger charge is -2.09. The van der Waals surface area contributed by atoms with Gasteiger partial charge in [0.05, 0.1) is 0 Å². The second-order valence-corrected chi connectivity index (χ2v) is 7.79. The van der Waals surface area contributed by atoms with Gasteiger partial charge in [-0.2, -0.15) is 0 Å². The van der Waals surface area contributed by atoms with Gasteiger partial charge in [0.15, 0.2) is 0 Å². The predicted molar refractivity (Wildman–Crippen MR) is 94.2 cm³/mol. The van der Waals surface area contributed by atoms with Crippen molar-refractivity contribution in [2.45, 2.75) is 91.2 Å². The minimum Gasteiger partial charge on any atom is -0.300 e. The third-order valence-corrected chi connectivity index (χ3v) is 5.90. The molecule has 0 bridgehead atoms. The molecule has 3 heteroatoms. The lowest BCUT2D eigenvalue weighted by Crippen LogP contribution is -1.97. The highest BCUT2D eigenvalue weighted by atomic mass is 33.1. The molecule has 116 valence electrons. The number of carbonyl (C=O) groups is 1. The first-order valence-corrected chi connectivity index (χ1v) is 10.3. The van der Waals surface area contributed by atoms with Crippen molar-refractivity contribution in [3.63, 3.8) is 0 Å². The van der Waals surface area contributed by atoms with Crippen LogP contribution in [-0.2, 0) is 4.79 Å².